The summed E-state index contributed by atoms with van der Waals surface area (Å²) in [7, 11) is 1.70. The lowest BCUT2D eigenvalue weighted by Crippen LogP contribution is -2.40. The van der Waals surface area contributed by atoms with Gasteiger partial charge in [-0.3, -0.25) is 4.98 Å². The number of nitrogens with one attached hydrogen (secondary N) is 1. The van der Waals surface area contributed by atoms with Gasteiger partial charge in [-0.05, 0) is 43.1 Å². The minimum absolute atomic E-state index is 0.384. The highest BCUT2D eigenvalue weighted by molar-refractivity contribution is 5.56. The standard InChI is InChI=1S/C17H28N2O/c1-12-7-14(15(20-6)10-18-12)19-13-8-16(2,3)11-17(4,5)9-13/h7,10,13H,8-9,11H2,1-6H3,(H,18,19). The highest BCUT2D eigenvalue weighted by Crippen LogP contribution is 2.46. The maximum atomic E-state index is 5.42. The third kappa shape index (κ3) is 3.65. The van der Waals surface area contributed by atoms with Crippen LogP contribution in [-0.2, 0) is 0 Å². The molecule has 0 aliphatic heterocycles. The number of nitrogens with zero attached hydrogens (tertiary/aromatic N) is 1. The minimum atomic E-state index is 0.384. The first-order chi connectivity index (χ1) is 9.21. The molecule has 1 fully saturated rings. The third-order valence-corrected chi connectivity index (χ3v) is 4.14. The number of pyridine rings is 1. The highest BCUT2D eigenvalue weighted by Gasteiger charge is 2.38. The predicted octanol–water partition coefficient (Wildman–Crippen LogP) is 4.42. The Hall–Kier alpha value is -1.25. The SMILES string of the molecule is COc1cnc(C)cc1NC1CC(C)(C)CC(C)(C)C1. The number of aryl methyl sites for hydroxylation is 1. The average Bonchev–Trinajstić information content (AvgIpc) is 2.24. The fraction of sp³-hybridized carbons (Fsp3) is 0.706. The number of aromatic nitrogens is 1. The summed E-state index contributed by atoms with van der Waals surface area (Å²) in [6, 6.07) is 2.57. The molecule has 1 aromatic heterocycles. The van der Waals surface area contributed by atoms with Gasteiger partial charge in [0.1, 0.15) is 0 Å². The van der Waals surface area contributed by atoms with Crippen molar-refractivity contribution in [1.82, 2.24) is 4.98 Å². The van der Waals surface area contributed by atoms with E-state index in [1.165, 1.54) is 19.3 Å². The van der Waals surface area contributed by atoms with Crippen molar-refractivity contribution >= 4 is 5.69 Å². The predicted molar refractivity (Wildman–Crippen MR) is 84.3 cm³/mol. The van der Waals surface area contributed by atoms with Crippen LogP contribution < -0.4 is 10.1 Å². The molecule has 1 heterocycles. The molecule has 1 aromatic rings. The number of methoxy groups -OCH3 is 1. The molecule has 0 unspecified atom stereocenters. The van der Waals surface area contributed by atoms with Gasteiger partial charge >= 0.3 is 0 Å². The zero-order valence-corrected chi connectivity index (χ0v) is 13.7. The minimum Gasteiger partial charge on any atom is -0.493 e. The Morgan fingerprint density at radius 3 is 2.35 bits per heavy atom. The van der Waals surface area contributed by atoms with Gasteiger partial charge in [-0.15, -0.1) is 0 Å². The van der Waals surface area contributed by atoms with Crippen molar-refractivity contribution < 1.29 is 4.74 Å². The smallest absolute Gasteiger partial charge is 0.160 e. The van der Waals surface area contributed by atoms with Crippen molar-refractivity contribution in [2.24, 2.45) is 10.8 Å². The summed E-state index contributed by atoms with van der Waals surface area (Å²) in [5, 5.41) is 3.69. The Bertz CT molecular complexity index is 464. The summed E-state index contributed by atoms with van der Waals surface area (Å²) in [4.78, 5) is 4.30. The van der Waals surface area contributed by atoms with Crippen molar-refractivity contribution in [3.63, 3.8) is 0 Å². The molecule has 2 rings (SSSR count). The summed E-state index contributed by atoms with van der Waals surface area (Å²) in [6.45, 7) is 11.5. The number of hydrogen-bond donors (Lipinski definition) is 1. The van der Waals surface area contributed by atoms with Crippen molar-refractivity contribution in [2.75, 3.05) is 12.4 Å². The Kier molecular flexibility index (Phi) is 3.99. The molecule has 0 spiro atoms. The maximum Gasteiger partial charge on any atom is 0.160 e. The Morgan fingerprint density at radius 2 is 1.80 bits per heavy atom. The zero-order valence-electron chi connectivity index (χ0n) is 13.7. The summed E-state index contributed by atoms with van der Waals surface area (Å²) >= 11 is 0. The molecule has 0 amide bonds. The maximum absolute atomic E-state index is 5.42. The van der Waals surface area contributed by atoms with Crippen LogP contribution in [0.25, 0.3) is 0 Å². The summed E-state index contributed by atoms with van der Waals surface area (Å²) in [5.74, 6) is 0.830. The van der Waals surface area contributed by atoms with Gasteiger partial charge in [0, 0.05) is 11.7 Å². The summed E-state index contributed by atoms with van der Waals surface area (Å²) in [5.41, 5.74) is 2.85. The van der Waals surface area contributed by atoms with E-state index in [0.29, 0.717) is 16.9 Å². The second-order valence-corrected chi connectivity index (χ2v) is 7.78. The number of hydrogen-bond acceptors (Lipinski definition) is 3. The van der Waals surface area contributed by atoms with Crippen LogP contribution in [0.4, 0.5) is 5.69 Å². The van der Waals surface area contributed by atoms with E-state index >= 15 is 0 Å². The van der Waals surface area contributed by atoms with Crippen LogP contribution >= 0.6 is 0 Å². The molecule has 0 atom stereocenters. The van der Waals surface area contributed by atoms with Gasteiger partial charge in [0.15, 0.2) is 5.75 Å². The molecule has 1 N–H and O–H groups in total. The van der Waals surface area contributed by atoms with Gasteiger partial charge in [-0.1, -0.05) is 27.7 Å². The van der Waals surface area contributed by atoms with Gasteiger partial charge in [-0.25, -0.2) is 0 Å². The quantitative estimate of drug-likeness (QED) is 0.887. The Balaban J connectivity index is 2.19. The molecule has 0 aromatic carbocycles. The van der Waals surface area contributed by atoms with Crippen LogP contribution in [-0.4, -0.2) is 18.1 Å². The average molecular weight is 276 g/mol. The van der Waals surface area contributed by atoms with Crippen molar-refractivity contribution in [2.45, 2.75) is 59.9 Å². The van der Waals surface area contributed by atoms with E-state index in [1.54, 1.807) is 13.3 Å². The molecule has 1 saturated carbocycles. The van der Waals surface area contributed by atoms with Gasteiger partial charge in [0.25, 0.3) is 0 Å². The van der Waals surface area contributed by atoms with Crippen molar-refractivity contribution in [1.29, 1.82) is 0 Å². The Labute approximate surface area is 123 Å². The van der Waals surface area contributed by atoms with Crippen molar-refractivity contribution in [3.8, 4) is 5.75 Å². The number of anilines is 1. The largest absolute Gasteiger partial charge is 0.493 e. The molecule has 1 aliphatic rings. The van der Waals surface area contributed by atoms with E-state index in [2.05, 4.69) is 44.1 Å². The molecule has 3 heteroatoms. The lowest BCUT2D eigenvalue weighted by Gasteiger charge is -2.45. The van der Waals surface area contributed by atoms with Crippen LogP contribution in [0.2, 0.25) is 0 Å². The van der Waals surface area contributed by atoms with E-state index in [-0.39, 0.29) is 0 Å². The van der Waals surface area contributed by atoms with Crippen LogP contribution in [0, 0.1) is 17.8 Å². The topological polar surface area (TPSA) is 34.1 Å². The first-order valence-corrected chi connectivity index (χ1v) is 7.48. The van der Waals surface area contributed by atoms with Gasteiger partial charge in [-0.2, -0.15) is 0 Å². The van der Waals surface area contributed by atoms with Crippen LogP contribution in [0.15, 0.2) is 12.3 Å². The fourth-order valence-electron chi connectivity index (χ4n) is 3.99. The number of ether oxygens (including phenoxy) is 1. The summed E-state index contributed by atoms with van der Waals surface area (Å²) < 4.78 is 5.42. The highest BCUT2D eigenvalue weighted by atomic mass is 16.5. The first kappa shape index (κ1) is 15.1. The molecule has 0 bridgehead atoms. The third-order valence-electron chi connectivity index (χ3n) is 4.14. The normalized spacial score (nSPS) is 21.5. The van der Waals surface area contributed by atoms with Crippen LogP contribution in [0.3, 0.4) is 0 Å². The molecule has 3 nitrogen and oxygen atoms in total. The van der Waals surface area contributed by atoms with E-state index in [1.807, 2.05) is 6.92 Å². The van der Waals surface area contributed by atoms with Crippen LogP contribution in [0.5, 0.6) is 5.75 Å². The second-order valence-electron chi connectivity index (χ2n) is 7.78. The fourth-order valence-corrected chi connectivity index (χ4v) is 3.99. The molecule has 0 saturated heterocycles. The van der Waals surface area contributed by atoms with E-state index < -0.39 is 0 Å². The zero-order chi connectivity index (χ0) is 15.0. The van der Waals surface area contributed by atoms with Crippen molar-refractivity contribution in [3.05, 3.63) is 18.0 Å². The molecule has 1 aliphatic carbocycles. The monoisotopic (exact) mass is 276 g/mol. The summed E-state index contributed by atoms with van der Waals surface area (Å²) in [6.07, 6.45) is 5.48. The lowest BCUT2D eigenvalue weighted by atomic mass is 9.63. The first-order valence-electron chi connectivity index (χ1n) is 7.48. The molecule has 0 radical (unpaired) electrons. The molecular weight excluding hydrogens is 248 g/mol. The molecular formula is C17H28N2O. The lowest BCUT2D eigenvalue weighted by molar-refractivity contribution is 0.105. The molecule has 112 valence electrons. The van der Waals surface area contributed by atoms with Gasteiger partial charge < -0.3 is 10.1 Å². The van der Waals surface area contributed by atoms with E-state index in [4.69, 9.17) is 4.74 Å². The van der Waals surface area contributed by atoms with Gasteiger partial charge in [0.2, 0.25) is 0 Å². The second kappa shape index (κ2) is 5.27. The van der Waals surface area contributed by atoms with E-state index in [0.717, 1.165) is 17.1 Å². The van der Waals surface area contributed by atoms with Gasteiger partial charge in [0.05, 0.1) is 19.0 Å². The van der Waals surface area contributed by atoms with Crippen LogP contribution in [0.1, 0.15) is 52.7 Å². The molecule has 20 heavy (non-hydrogen) atoms. The van der Waals surface area contributed by atoms with E-state index in [9.17, 15) is 0 Å². The number of rotatable bonds is 3. The Morgan fingerprint density at radius 1 is 1.20 bits per heavy atom.